The molecule has 9 heteroatoms. The largest absolute Gasteiger partial charge is 0.367 e. The van der Waals surface area contributed by atoms with Crippen LogP contribution in [0.4, 0.5) is 14.6 Å². The van der Waals surface area contributed by atoms with Crippen molar-refractivity contribution >= 4 is 11.7 Å². The first-order valence-corrected chi connectivity index (χ1v) is 8.94. The van der Waals surface area contributed by atoms with Crippen LogP contribution in [0.25, 0.3) is 0 Å². The number of halogens is 2. The van der Waals surface area contributed by atoms with Gasteiger partial charge in [-0.05, 0) is 30.5 Å². The van der Waals surface area contributed by atoms with E-state index in [1.807, 2.05) is 6.07 Å². The number of benzene rings is 1. The Hall–Kier alpha value is -3.12. The Morgan fingerprint density at radius 3 is 2.68 bits per heavy atom. The molecule has 4 rings (SSSR count). The molecule has 1 saturated carbocycles. The normalized spacial score (nSPS) is 23.8. The van der Waals surface area contributed by atoms with Gasteiger partial charge in [-0.15, -0.1) is 0 Å². The smallest absolute Gasteiger partial charge is 0.249 e. The zero-order valence-electron chi connectivity index (χ0n) is 14.8. The van der Waals surface area contributed by atoms with Gasteiger partial charge in [0.25, 0.3) is 0 Å². The van der Waals surface area contributed by atoms with Crippen molar-refractivity contribution in [1.29, 1.82) is 5.26 Å². The maximum atomic E-state index is 13.5. The summed E-state index contributed by atoms with van der Waals surface area (Å²) in [5.41, 5.74) is 0.655. The molecule has 28 heavy (non-hydrogen) atoms. The minimum absolute atomic E-state index is 0.0445. The average Bonchev–Trinajstić information content (AvgIpc) is 3.13. The summed E-state index contributed by atoms with van der Waals surface area (Å²) in [6, 6.07) is 6.31. The van der Waals surface area contributed by atoms with Crippen LogP contribution in [0.1, 0.15) is 36.6 Å². The highest BCUT2D eigenvalue weighted by Crippen LogP contribution is 2.37. The number of nitrogens with zero attached hydrogens (tertiary/aromatic N) is 4. The Morgan fingerprint density at radius 2 is 1.96 bits per heavy atom. The van der Waals surface area contributed by atoms with Crippen LogP contribution < -0.4 is 5.32 Å². The fourth-order valence-electron chi connectivity index (χ4n) is 3.58. The summed E-state index contributed by atoms with van der Waals surface area (Å²) in [4.78, 5) is 26.1. The molecule has 1 aromatic carbocycles. The maximum Gasteiger partial charge on any atom is 0.249 e. The summed E-state index contributed by atoms with van der Waals surface area (Å²) in [7, 11) is 0. The average molecular weight is 385 g/mol. The molecule has 2 fully saturated rings. The Bertz CT molecular complexity index is 922. The lowest BCUT2D eigenvalue weighted by atomic mass is 9.79. The van der Waals surface area contributed by atoms with Gasteiger partial charge >= 0.3 is 0 Å². The van der Waals surface area contributed by atoms with Gasteiger partial charge in [0.15, 0.2) is 0 Å². The summed E-state index contributed by atoms with van der Waals surface area (Å²) >= 11 is 0. The molecule has 144 valence electrons. The number of hydrogen-bond donors (Lipinski definition) is 1. The fraction of sp³-hybridized carbons (Fsp3) is 0.368. The van der Waals surface area contributed by atoms with Gasteiger partial charge in [0.1, 0.15) is 35.5 Å². The molecule has 0 spiro atoms. The van der Waals surface area contributed by atoms with Crippen molar-refractivity contribution in [2.45, 2.75) is 31.3 Å². The van der Waals surface area contributed by atoms with Crippen LogP contribution in [-0.2, 0) is 9.63 Å². The van der Waals surface area contributed by atoms with E-state index in [9.17, 15) is 13.6 Å². The third-order valence-corrected chi connectivity index (χ3v) is 5.01. The number of hydrogen-bond acceptors (Lipinski definition) is 6. The highest BCUT2D eigenvalue weighted by Gasteiger charge is 2.42. The first kappa shape index (κ1) is 18.3. The molecular formula is C19H17F2N5O2. The summed E-state index contributed by atoms with van der Waals surface area (Å²) in [5, 5.41) is 13.3. The zero-order chi connectivity index (χ0) is 19.7. The van der Waals surface area contributed by atoms with Gasteiger partial charge in [0, 0.05) is 30.5 Å². The van der Waals surface area contributed by atoms with Crippen LogP contribution in [-0.4, -0.2) is 33.6 Å². The molecular weight excluding hydrogens is 368 g/mol. The first-order valence-electron chi connectivity index (χ1n) is 8.94. The van der Waals surface area contributed by atoms with Crippen molar-refractivity contribution in [2.24, 2.45) is 5.92 Å². The topological polar surface area (TPSA) is 91.1 Å². The van der Waals surface area contributed by atoms with Crippen LogP contribution in [0.2, 0.25) is 0 Å². The van der Waals surface area contributed by atoms with Crippen LogP contribution in [0.15, 0.2) is 30.6 Å². The molecule has 1 atom stereocenters. The van der Waals surface area contributed by atoms with Gasteiger partial charge in [0.2, 0.25) is 5.91 Å². The maximum absolute atomic E-state index is 13.5. The second-order valence-electron chi connectivity index (χ2n) is 6.91. The third-order valence-electron chi connectivity index (χ3n) is 5.01. The molecule has 0 unspecified atom stereocenters. The molecule has 7 nitrogen and oxygen atoms in total. The molecule has 1 aliphatic carbocycles. The Morgan fingerprint density at radius 1 is 1.21 bits per heavy atom. The fourth-order valence-corrected chi connectivity index (χ4v) is 3.58. The standard InChI is InChI=1S/C19H17F2N5O2/c20-13-3-11(4-14(21)7-13)17-1-2-28-26(17)19(27)12-5-15(6-12)25-18-8-16(9-22)23-10-24-18/h3-4,7-8,10,12,15,17H,1-2,5-6H2,(H,23,24,25)/t12?,15?,17-/m0/s1. The van der Waals surface area contributed by atoms with E-state index in [1.54, 1.807) is 6.07 Å². The molecule has 2 aromatic rings. The Balaban J connectivity index is 1.38. The lowest BCUT2D eigenvalue weighted by Crippen LogP contribution is -2.45. The number of anilines is 1. The highest BCUT2D eigenvalue weighted by molar-refractivity contribution is 5.80. The SMILES string of the molecule is N#Cc1cc(NC2CC(C(=O)N3OCC[C@H]3c3cc(F)cc(F)c3)C2)ncn1. The summed E-state index contributed by atoms with van der Waals surface area (Å²) in [6.07, 6.45) is 2.95. The van der Waals surface area contributed by atoms with Crippen LogP contribution in [0, 0.1) is 28.9 Å². The van der Waals surface area contributed by atoms with Crippen LogP contribution in [0.5, 0.6) is 0 Å². The van der Waals surface area contributed by atoms with Gasteiger partial charge in [-0.2, -0.15) is 5.26 Å². The van der Waals surface area contributed by atoms with E-state index in [2.05, 4.69) is 15.3 Å². The number of carbonyl (C=O) groups is 1. The molecule has 0 bridgehead atoms. The quantitative estimate of drug-likeness (QED) is 0.870. The van der Waals surface area contributed by atoms with E-state index in [1.165, 1.54) is 23.5 Å². The van der Waals surface area contributed by atoms with E-state index >= 15 is 0 Å². The Kier molecular flexibility index (Phi) is 4.88. The number of aromatic nitrogens is 2. The lowest BCUT2D eigenvalue weighted by Gasteiger charge is -2.37. The molecule has 1 amide bonds. The highest BCUT2D eigenvalue weighted by atomic mass is 19.1. The number of nitrogens with one attached hydrogen (secondary N) is 1. The predicted octanol–water partition coefficient (Wildman–Crippen LogP) is 2.72. The molecule has 0 radical (unpaired) electrons. The first-order chi connectivity index (χ1) is 13.5. The molecule has 2 aliphatic rings. The minimum Gasteiger partial charge on any atom is -0.367 e. The molecule has 1 N–H and O–H groups in total. The van der Waals surface area contributed by atoms with Crippen molar-refractivity contribution < 1.29 is 18.4 Å². The van der Waals surface area contributed by atoms with Gasteiger partial charge in [-0.3, -0.25) is 9.63 Å². The number of hydroxylamine groups is 2. The molecule has 1 aliphatic heterocycles. The van der Waals surface area contributed by atoms with E-state index < -0.39 is 17.7 Å². The third kappa shape index (κ3) is 3.64. The minimum atomic E-state index is -0.677. The lowest BCUT2D eigenvalue weighted by molar-refractivity contribution is -0.184. The van der Waals surface area contributed by atoms with Crippen molar-refractivity contribution in [3.8, 4) is 6.07 Å². The number of amides is 1. The van der Waals surface area contributed by atoms with E-state index in [0.29, 0.717) is 37.3 Å². The molecule has 1 aromatic heterocycles. The van der Waals surface area contributed by atoms with Crippen molar-refractivity contribution in [2.75, 3.05) is 11.9 Å². The molecule has 1 saturated heterocycles. The van der Waals surface area contributed by atoms with Gasteiger partial charge in [-0.1, -0.05) is 0 Å². The van der Waals surface area contributed by atoms with Crippen molar-refractivity contribution in [3.05, 3.63) is 53.5 Å². The second-order valence-corrected chi connectivity index (χ2v) is 6.91. The van der Waals surface area contributed by atoms with Gasteiger partial charge in [-0.25, -0.2) is 23.8 Å². The van der Waals surface area contributed by atoms with Gasteiger partial charge < -0.3 is 5.32 Å². The zero-order valence-corrected chi connectivity index (χ0v) is 14.8. The van der Waals surface area contributed by atoms with Crippen molar-refractivity contribution in [3.63, 3.8) is 0 Å². The number of rotatable bonds is 4. The van der Waals surface area contributed by atoms with Crippen LogP contribution in [0.3, 0.4) is 0 Å². The van der Waals surface area contributed by atoms with Crippen molar-refractivity contribution in [1.82, 2.24) is 15.0 Å². The Labute approximate surface area is 159 Å². The number of carbonyl (C=O) groups excluding carboxylic acids is 1. The van der Waals surface area contributed by atoms with E-state index in [-0.39, 0.29) is 23.6 Å². The number of nitriles is 1. The summed E-state index contributed by atoms with van der Waals surface area (Å²) in [6.45, 7) is 0.320. The van der Waals surface area contributed by atoms with E-state index in [4.69, 9.17) is 10.1 Å². The van der Waals surface area contributed by atoms with E-state index in [0.717, 1.165) is 6.07 Å². The van der Waals surface area contributed by atoms with Gasteiger partial charge in [0.05, 0.1) is 12.6 Å². The second kappa shape index (κ2) is 7.48. The molecule has 2 heterocycles. The van der Waals surface area contributed by atoms with Crippen LogP contribution >= 0.6 is 0 Å². The monoisotopic (exact) mass is 385 g/mol. The summed E-state index contributed by atoms with van der Waals surface area (Å²) < 4.78 is 27.1. The predicted molar refractivity (Wildman–Crippen MR) is 93.4 cm³/mol. The summed E-state index contributed by atoms with van der Waals surface area (Å²) in [5.74, 6) is -1.25.